The second kappa shape index (κ2) is 7.80. The summed E-state index contributed by atoms with van der Waals surface area (Å²) < 4.78 is 7.65. The average molecular weight is 385 g/mol. The zero-order chi connectivity index (χ0) is 20.4. The second-order valence-corrected chi connectivity index (χ2v) is 7.18. The van der Waals surface area contributed by atoms with E-state index in [1.807, 2.05) is 92.2 Å². The number of aromatic nitrogens is 2. The van der Waals surface area contributed by atoms with Crippen molar-refractivity contribution < 1.29 is 9.53 Å². The molecule has 0 atom stereocenters. The summed E-state index contributed by atoms with van der Waals surface area (Å²) >= 11 is 0. The normalized spacial score (nSPS) is 10.9. The first-order valence-corrected chi connectivity index (χ1v) is 9.55. The summed E-state index contributed by atoms with van der Waals surface area (Å²) in [6.45, 7) is 6.05. The fourth-order valence-electron chi connectivity index (χ4n) is 3.24. The summed E-state index contributed by atoms with van der Waals surface area (Å²) in [4.78, 5) is 17.2. The van der Waals surface area contributed by atoms with Gasteiger partial charge in [0.15, 0.2) is 6.61 Å². The number of carbonyl (C=O) groups excluding carboxylic acids is 1. The fraction of sp³-hybridized carbons (Fsp3) is 0.167. The largest absolute Gasteiger partial charge is 0.484 e. The Bertz CT molecular complexity index is 1190. The minimum atomic E-state index is -0.212. The zero-order valence-corrected chi connectivity index (χ0v) is 16.8. The lowest BCUT2D eigenvalue weighted by Gasteiger charge is -2.11. The summed E-state index contributed by atoms with van der Waals surface area (Å²) in [5.74, 6) is 0.475. The van der Waals surface area contributed by atoms with Crippen molar-refractivity contribution in [2.75, 3.05) is 11.9 Å². The van der Waals surface area contributed by atoms with Gasteiger partial charge in [-0.25, -0.2) is 4.98 Å². The van der Waals surface area contributed by atoms with Crippen LogP contribution in [0.25, 0.3) is 16.9 Å². The molecule has 0 spiro atoms. The molecule has 0 aliphatic rings. The number of fused-ring (bicyclic) bond motifs is 1. The van der Waals surface area contributed by atoms with Gasteiger partial charge in [0.05, 0.1) is 11.4 Å². The van der Waals surface area contributed by atoms with E-state index < -0.39 is 0 Å². The standard InChI is InChI=1S/C24H23N3O2/c1-16-10-11-19(13-18(16)3)29-15-23(28)25-21-9-5-4-8-20(21)22-14-27-12-6-7-17(2)24(27)26-22/h4-14H,15H2,1-3H3,(H,25,28). The van der Waals surface area contributed by atoms with Crippen LogP contribution in [0.2, 0.25) is 0 Å². The van der Waals surface area contributed by atoms with Crippen LogP contribution < -0.4 is 10.1 Å². The van der Waals surface area contributed by atoms with E-state index in [1.54, 1.807) is 0 Å². The predicted octanol–water partition coefficient (Wildman–Crippen LogP) is 4.94. The molecular formula is C24H23N3O2. The smallest absolute Gasteiger partial charge is 0.262 e. The number of aryl methyl sites for hydroxylation is 3. The van der Waals surface area contributed by atoms with Crippen molar-refractivity contribution in [3.05, 3.63) is 83.7 Å². The van der Waals surface area contributed by atoms with Gasteiger partial charge in [0, 0.05) is 18.0 Å². The Balaban J connectivity index is 1.52. The Morgan fingerprint density at radius 2 is 1.83 bits per heavy atom. The first-order chi connectivity index (χ1) is 14.0. The number of hydrogen-bond acceptors (Lipinski definition) is 3. The highest BCUT2D eigenvalue weighted by molar-refractivity contribution is 5.96. The van der Waals surface area contributed by atoms with E-state index in [0.717, 1.165) is 28.0 Å². The van der Waals surface area contributed by atoms with Crippen LogP contribution in [-0.2, 0) is 4.79 Å². The molecule has 2 aromatic heterocycles. The van der Waals surface area contributed by atoms with E-state index in [0.29, 0.717) is 11.4 Å². The van der Waals surface area contributed by atoms with E-state index >= 15 is 0 Å². The number of rotatable bonds is 5. The molecule has 4 aromatic rings. The number of ether oxygens (including phenoxy) is 1. The molecule has 0 aliphatic heterocycles. The third kappa shape index (κ3) is 3.99. The Kier molecular flexibility index (Phi) is 5.04. The minimum Gasteiger partial charge on any atom is -0.484 e. The van der Waals surface area contributed by atoms with Crippen molar-refractivity contribution >= 4 is 17.2 Å². The highest BCUT2D eigenvalue weighted by Gasteiger charge is 2.12. The van der Waals surface area contributed by atoms with E-state index in [4.69, 9.17) is 9.72 Å². The fourth-order valence-corrected chi connectivity index (χ4v) is 3.24. The van der Waals surface area contributed by atoms with Gasteiger partial charge in [0.25, 0.3) is 5.91 Å². The molecule has 5 heteroatoms. The maximum Gasteiger partial charge on any atom is 0.262 e. The topological polar surface area (TPSA) is 55.6 Å². The Morgan fingerprint density at radius 3 is 2.62 bits per heavy atom. The van der Waals surface area contributed by atoms with Crippen LogP contribution in [0.5, 0.6) is 5.75 Å². The molecular weight excluding hydrogens is 362 g/mol. The van der Waals surface area contributed by atoms with E-state index in [1.165, 1.54) is 5.56 Å². The van der Waals surface area contributed by atoms with Gasteiger partial charge in [-0.3, -0.25) is 4.79 Å². The van der Waals surface area contributed by atoms with E-state index in [-0.39, 0.29) is 12.5 Å². The summed E-state index contributed by atoms with van der Waals surface area (Å²) in [6, 6.07) is 17.5. The highest BCUT2D eigenvalue weighted by atomic mass is 16.5. The molecule has 0 unspecified atom stereocenters. The molecule has 4 rings (SSSR count). The zero-order valence-electron chi connectivity index (χ0n) is 16.8. The summed E-state index contributed by atoms with van der Waals surface area (Å²) in [5, 5.41) is 2.95. The molecule has 0 saturated carbocycles. The SMILES string of the molecule is Cc1ccc(OCC(=O)Nc2ccccc2-c2cn3cccc(C)c3n2)cc1C. The molecule has 0 fully saturated rings. The van der Waals surface area contributed by atoms with Gasteiger partial charge in [-0.1, -0.05) is 30.3 Å². The molecule has 29 heavy (non-hydrogen) atoms. The van der Waals surface area contributed by atoms with Crippen molar-refractivity contribution in [2.45, 2.75) is 20.8 Å². The number of amides is 1. The lowest BCUT2D eigenvalue weighted by molar-refractivity contribution is -0.118. The number of anilines is 1. The number of para-hydroxylation sites is 1. The van der Waals surface area contributed by atoms with Crippen molar-refractivity contribution in [1.82, 2.24) is 9.38 Å². The van der Waals surface area contributed by atoms with Gasteiger partial charge in [-0.05, 0) is 61.7 Å². The molecule has 146 valence electrons. The van der Waals surface area contributed by atoms with E-state index in [2.05, 4.69) is 5.32 Å². The van der Waals surface area contributed by atoms with Gasteiger partial charge in [-0.2, -0.15) is 0 Å². The second-order valence-electron chi connectivity index (χ2n) is 7.18. The third-order valence-corrected chi connectivity index (χ3v) is 5.00. The summed E-state index contributed by atoms with van der Waals surface area (Å²) in [5.41, 5.74) is 6.72. The Hall–Kier alpha value is -3.60. The minimum absolute atomic E-state index is 0.0545. The third-order valence-electron chi connectivity index (χ3n) is 5.00. The van der Waals surface area contributed by atoms with Crippen molar-refractivity contribution in [3.63, 3.8) is 0 Å². The van der Waals surface area contributed by atoms with E-state index in [9.17, 15) is 4.79 Å². The number of benzene rings is 2. The number of hydrogen-bond donors (Lipinski definition) is 1. The highest BCUT2D eigenvalue weighted by Crippen LogP contribution is 2.28. The molecule has 0 aliphatic carbocycles. The van der Waals surface area contributed by atoms with Crippen LogP contribution in [-0.4, -0.2) is 21.9 Å². The van der Waals surface area contributed by atoms with Gasteiger partial charge in [0.1, 0.15) is 11.4 Å². The lowest BCUT2D eigenvalue weighted by atomic mass is 10.1. The first-order valence-electron chi connectivity index (χ1n) is 9.55. The molecule has 2 heterocycles. The lowest BCUT2D eigenvalue weighted by Crippen LogP contribution is -2.20. The number of pyridine rings is 1. The number of nitrogens with one attached hydrogen (secondary N) is 1. The number of carbonyl (C=O) groups is 1. The van der Waals surface area contributed by atoms with Crippen LogP contribution in [0.1, 0.15) is 16.7 Å². The maximum absolute atomic E-state index is 12.5. The Labute approximate surface area is 170 Å². The van der Waals surface area contributed by atoms with Crippen LogP contribution in [0.4, 0.5) is 5.69 Å². The van der Waals surface area contributed by atoms with Crippen molar-refractivity contribution in [2.24, 2.45) is 0 Å². The molecule has 0 saturated heterocycles. The van der Waals surface area contributed by atoms with Crippen molar-refractivity contribution in [3.8, 4) is 17.0 Å². The molecule has 5 nitrogen and oxygen atoms in total. The average Bonchev–Trinajstić information content (AvgIpc) is 3.15. The monoisotopic (exact) mass is 385 g/mol. The maximum atomic E-state index is 12.5. The molecule has 2 aromatic carbocycles. The summed E-state index contributed by atoms with van der Waals surface area (Å²) in [6.07, 6.45) is 3.94. The Morgan fingerprint density at radius 1 is 1.00 bits per heavy atom. The summed E-state index contributed by atoms with van der Waals surface area (Å²) in [7, 11) is 0. The van der Waals surface area contributed by atoms with Crippen molar-refractivity contribution in [1.29, 1.82) is 0 Å². The number of imidazole rings is 1. The molecule has 0 bridgehead atoms. The van der Waals surface area contributed by atoms with Crippen LogP contribution >= 0.6 is 0 Å². The molecule has 0 radical (unpaired) electrons. The van der Waals surface area contributed by atoms with Gasteiger partial charge in [0.2, 0.25) is 0 Å². The van der Waals surface area contributed by atoms with Gasteiger partial charge in [-0.15, -0.1) is 0 Å². The quantitative estimate of drug-likeness (QED) is 0.529. The van der Waals surface area contributed by atoms with Crippen LogP contribution in [0.15, 0.2) is 67.0 Å². The molecule has 1 amide bonds. The number of nitrogens with zero attached hydrogens (tertiary/aromatic N) is 2. The molecule has 1 N–H and O–H groups in total. The van der Waals surface area contributed by atoms with Gasteiger partial charge < -0.3 is 14.5 Å². The first kappa shape index (κ1) is 18.7. The predicted molar refractivity (Wildman–Crippen MR) is 115 cm³/mol. The van der Waals surface area contributed by atoms with Gasteiger partial charge >= 0.3 is 0 Å². The van der Waals surface area contributed by atoms with Crippen LogP contribution in [0, 0.1) is 20.8 Å². The van der Waals surface area contributed by atoms with Crippen LogP contribution in [0.3, 0.4) is 0 Å².